The molecule has 1 unspecified atom stereocenters. The third kappa shape index (κ3) is 4.03. The lowest BCUT2D eigenvalue weighted by Crippen LogP contribution is -2.59. The predicted octanol–water partition coefficient (Wildman–Crippen LogP) is 3.07. The van der Waals surface area contributed by atoms with Gasteiger partial charge in [0.25, 0.3) is 5.91 Å². The highest BCUT2D eigenvalue weighted by molar-refractivity contribution is 7.98. The van der Waals surface area contributed by atoms with Crippen molar-refractivity contribution in [1.82, 2.24) is 9.58 Å². The Hall–Kier alpha value is -3.37. The monoisotopic (exact) mass is 485 g/mol. The molecule has 3 aliphatic heterocycles. The highest BCUT2D eigenvalue weighted by atomic mass is 32.2. The first kappa shape index (κ1) is 22.4. The molecule has 10 heteroatoms. The normalized spacial score (nSPS) is 18.2. The summed E-state index contributed by atoms with van der Waals surface area (Å²) in [6, 6.07) is 12.1. The Kier molecular flexibility index (Phi) is 6.01. The number of carbonyl (C=O) groups excluding carboxylic acids is 1. The molecule has 2 N–H and O–H groups in total. The van der Waals surface area contributed by atoms with Crippen molar-refractivity contribution in [3.63, 3.8) is 0 Å². The van der Waals surface area contributed by atoms with Gasteiger partial charge in [0.15, 0.2) is 23.1 Å². The van der Waals surface area contributed by atoms with E-state index in [4.69, 9.17) is 4.74 Å². The van der Waals surface area contributed by atoms with Crippen LogP contribution in [0.2, 0.25) is 0 Å². The molecule has 1 saturated heterocycles. The largest absolute Gasteiger partial charge is 0.502 e. The number of amides is 1. The SMILES string of the molecule is Fc1ccc2c(c1F)CSc1ccccc1C2.O=C1c2c(O)c(=O)ccn2NC2COCCN12. The van der Waals surface area contributed by atoms with Crippen LogP contribution in [0.15, 0.2) is 58.4 Å². The number of nitrogens with one attached hydrogen (secondary N) is 1. The number of pyridine rings is 1. The number of morpholine rings is 1. The number of thioether (sulfide) groups is 1. The predicted molar refractivity (Wildman–Crippen MR) is 123 cm³/mol. The van der Waals surface area contributed by atoms with Gasteiger partial charge in [0.1, 0.15) is 6.17 Å². The number of halogens is 2. The highest BCUT2D eigenvalue weighted by Crippen LogP contribution is 2.35. The summed E-state index contributed by atoms with van der Waals surface area (Å²) in [5.41, 5.74) is 5.00. The van der Waals surface area contributed by atoms with Gasteiger partial charge in [-0.25, -0.2) is 8.78 Å². The molecular weight excluding hydrogens is 464 g/mol. The van der Waals surface area contributed by atoms with Crippen LogP contribution in [-0.4, -0.2) is 46.5 Å². The van der Waals surface area contributed by atoms with Gasteiger partial charge < -0.3 is 20.2 Å². The maximum Gasteiger partial charge on any atom is 0.278 e. The lowest BCUT2D eigenvalue weighted by molar-refractivity contribution is -0.00314. The molecule has 0 bridgehead atoms. The number of hydrogen-bond acceptors (Lipinski definition) is 6. The summed E-state index contributed by atoms with van der Waals surface area (Å²) in [5.74, 6) is -1.82. The van der Waals surface area contributed by atoms with Gasteiger partial charge in [0.05, 0.1) is 13.2 Å². The molecule has 0 aliphatic carbocycles. The van der Waals surface area contributed by atoms with Crippen molar-refractivity contribution in [2.75, 3.05) is 25.2 Å². The van der Waals surface area contributed by atoms with E-state index in [0.29, 0.717) is 37.5 Å². The van der Waals surface area contributed by atoms with E-state index in [0.717, 1.165) is 10.5 Å². The second kappa shape index (κ2) is 9.11. The van der Waals surface area contributed by atoms with Crippen molar-refractivity contribution in [2.45, 2.75) is 23.2 Å². The number of benzene rings is 2. The van der Waals surface area contributed by atoms with Crippen LogP contribution in [0.4, 0.5) is 8.78 Å². The second-order valence-electron chi connectivity index (χ2n) is 8.04. The third-order valence-corrected chi connectivity index (χ3v) is 7.11. The Labute approximate surface area is 197 Å². The van der Waals surface area contributed by atoms with Gasteiger partial charge in [0.2, 0.25) is 5.43 Å². The smallest absolute Gasteiger partial charge is 0.278 e. The van der Waals surface area contributed by atoms with Crippen molar-refractivity contribution < 1.29 is 23.4 Å². The molecule has 0 radical (unpaired) electrons. The van der Waals surface area contributed by atoms with Crippen molar-refractivity contribution in [3.05, 3.63) is 92.9 Å². The van der Waals surface area contributed by atoms with Crippen molar-refractivity contribution in [3.8, 4) is 5.75 Å². The van der Waals surface area contributed by atoms with Crippen molar-refractivity contribution >= 4 is 17.7 Å². The highest BCUT2D eigenvalue weighted by Gasteiger charge is 2.36. The van der Waals surface area contributed by atoms with Crippen LogP contribution in [0.5, 0.6) is 5.75 Å². The fourth-order valence-corrected chi connectivity index (χ4v) is 5.30. The molecule has 1 aromatic heterocycles. The zero-order valence-electron chi connectivity index (χ0n) is 18.0. The summed E-state index contributed by atoms with van der Waals surface area (Å²) in [6.45, 7) is 1.29. The summed E-state index contributed by atoms with van der Waals surface area (Å²) in [5, 5.41) is 9.65. The van der Waals surface area contributed by atoms with Gasteiger partial charge in [0, 0.05) is 35.0 Å². The summed E-state index contributed by atoms with van der Waals surface area (Å²) >= 11 is 1.57. The molecule has 7 nitrogen and oxygen atoms in total. The zero-order chi connectivity index (χ0) is 23.8. The molecule has 0 spiro atoms. The van der Waals surface area contributed by atoms with E-state index < -0.39 is 22.8 Å². The van der Waals surface area contributed by atoms with E-state index >= 15 is 0 Å². The van der Waals surface area contributed by atoms with Gasteiger partial charge in [-0.15, -0.1) is 11.8 Å². The molecule has 0 saturated carbocycles. The van der Waals surface area contributed by atoms with E-state index in [1.807, 2.05) is 24.3 Å². The zero-order valence-corrected chi connectivity index (χ0v) is 18.8. The fourth-order valence-electron chi connectivity index (χ4n) is 4.19. The number of aromatic nitrogens is 1. The standard InChI is InChI=1S/C14H10F2S.C10H11N3O4/c15-12-6-5-9-7-10-3-1-2-4-13(10)17-8-11(9)14(12)16;14-6-1-2-13-8(9(6)15)10(16)12-3-4-17-5-7(12)11-13/h1-6H,7-8H2;1-2,7,11,15H,3-5H2. The molecule has 1 atom stereocenters. The van der Waals surface area contributed by atoms with Crippen LogP contribution in [0.1, 0.15) is 27.2 Å². The van der Waals surface area contributed by atoms with Gasteiger partial charge in [-0.1, -0.05) is 24.3 Å². The summed E-state index contributed by atoms with van der Waals surface area (Å²) < 4.78 is 33.5. The fraction of sp³-hybridized carbons (Fsp3) is 0.250. The van der Waals surface area contributed by atoms with Gasteiger partial charge in [-0.3, -0.25) is 14.3 Å². The molecule has 3 aliphatic rings. The Morgan fingerprint density at radius 2 is 1.91 bits per heavy atom. The molecule has 2 aromatic carbocycles. The molecule has 4 heterocycles. The lowest BCUT2D eigenvalue weighted by atomic mass is 10.0. The first-order valence-electron chi connectivity index (χ1n) is 10.7. The molecule has 6 rings (SSSR count). The average molecular weight is 486 g/mol. The van der Waals surface area contributed by atoms with Crippen molar-refractivity contribution in [2.24, 2.45) is 0 Å². The van der Waals surface area contributed by atoms with Crippen LogP contribution < -0.4 is 10.9 Å². The summed E-state index contributed by atoms with van der Waals surface area (Å²) in [4.78, 5) is 26.2. The van der Waals surface area contributed by atoms with E-state index in [2.05, 4.69) is 5.43 Å². The summed E-state index contributed by atoms with van der Waals surface area (Å²) in [7, 11) is 0. The van der Waals surface area contributed by atoms with Crippen LogP contribution in [0.25, 0.3) is 0 Å². The van der Waals surface area contributed by atoms with E-state index in [-0.39, 0.29) is 17.8 Å². The van der Waals surface area contributed by atoms with Crippen LogP contribution in [0.3, 0.4) is 0 Å². The maximum atomic E-state index is 13.7. The Morgan fingerprint density at radius 1 is 1.09 bits per heavy atom. The topological polar surface area (TPSA) is 83.8 Å². The Bertz CT molecular complexity index is 1330. The van der Waals surface area contributed by atoms with Crippen LogP contribution in [-0.2, 0) is 16.9 Å². The number of aromatic hydroxyl groups is 1. The first-order chi connectivity index (χ1) is 16.4. The quantitative estimate of drug-likeness (QED) is 0.509. The first-order valence-corrected chi connectivity index (χ1v) is 11.7. The lowest BCUT2D eigenvalue weighted by Gasteiger charge is -2.41. The number of rotatable bonds is 0. The molecule has 3 aromatic rings. The Morgan fingerprint density at radius 3 is 2.76 bits per heavy atom. The molecular formula is C24H21F2N3O4S. The second-order valence-corrected chi connectivity index (χ2v) is 9.05. The molecule has 1 amide bonds. The minimum Gasteiger partial charge on any atom is -0.502 e. The van der Waals surface area contributed by atoms with Crippen molar-refractivity contribution in [1.29, 1.82) is 0 Å². The minimum atomic E-state index is -0.754. The summed E-state index contributed by atoms with van der Waals surface area (Å²) in [6.07, 6.45) is 1.85. The number of nitrogens with zero attached hydrogens (tertiary/aromatic N) is 2. The maximum absolute atomic E-state index is 13.7. The van der Waals surface area contributed by atoms with Crippen LogP contribution in [0, 0.1) is 11.6 Å². The molecule has 34 heavy (non-hydrogen) atoms. The third-order valence-electron chi connectivity index (χ3n) is 5.97. The van der Waals surface area contributed by atoms with Crippen LogP contribution >= 0.6 is 11.8 Å². The van der Waals surface area contributed by atoms with E-state index in [1.54, 1.807) is 22.7 Å². The van der Waals surface area contributed by atoms with Gasteiger partial charge in [-0.2, -0.15) is 0 Å². The number of hydrogen-bond donors (Lipinski definition) is 2. The van der Waals surface area contributed by atoms with E-state index in [1.165, 1.54) is 28.6 Å². The van der Waals surface area contributed by atoms with E-state index in [9.17, 15) is 23.5 Å². The number of ether oxygens (including phenoxy) is 1. The van der Waals surface area contributed by atoms with Gasteiger partial charge in [-0.05, 0) is 29.7 Å². The average Bonchev–Trinajstić information content (AvgIpc) is 3.04. The Balaban J connectivity index is 0.000000142. The minimum absolute atomic E-state index is 0.0179. The van der Waals surface area contributed by atoms with Gasteiger partial charge >= 0.3 is 0 Å². The number of fused-ring (bicyclic) bond motifs is 4. The molecule has 1 fully saturated rings. The number of carbonyl (C=O) groups is 1. The molecule has 176 valence electrons.